The lowest BCUT2D eigenvalue weighted by atomic mass is 10.0. The van der Waals surface area contributed by atoms with Gasteiger partial charge in [0, 0.05) is 43.0 Å². The molecule has 0 atom stereocenters. The number of hydrogen-bond donors (Lipinski definition) is 1. The molecule has 1 fully saturated rings. The van der Waals surface area contributed by atoms with Gasteiger partial charge in [-0.15, -0.1) is 6.58 Å². The Labute approximate surface area is 173 Å². The van der Waals surface area contributed by atoms with Crippen LogP contribution >= 0.6 is 11.6 Å². The number of rotatable bonds is 5. The number of H-pyrrole nitrogens is 1. The van der Waals surface area contributed by atoms with E-state index in [1.54, 1.807) is 27.8 Å². The smallest absolute Gasteiger partial charge is 0.274 e. The summed E-state index contributed by atoms with van der Waals surface area (Å²) in [5, 5.41) is 1.23. The van der Waals surface area contributed by atoms with Gasteiger partial charge in [0.2, 0.25) is 0 Å². The SMILES string of the molecule is C=CCCn1cc(-c2ccc(Cl)c(C(=O)N3CCOCC3)c2)c2cc[nH]c2c1=O. The molecule has 0 spiro atoms. The highest BCUT2D eigenvalue weighted by atomic mass is 35.5. The summed E-state index contributed by atoms with van der Waals surface area (Å²) in [7, 11) is 0. The van der Waals surface area contributed by atoms with Gasteiger partial charge in [0.25, 0.3) is 11.5 Å². The highest BCUT2D eigenvalue weighted by molar-refractivity contribution is 6.34. The standard InChI is InChI=1S/C22H22ClN3O3/c1-2-3-8-26-14-18(16-6-7-24-20(16)22(26)28)15-4-5-19(23)17(13-15)21(27)25-9-11-29-12-10-25/h2,4-7,13-14,24H,1,3,8-12H2. The molecule has 1 saturated heterocycles. The predicted molar refractivity (Wildman–Crippen MR) is 115 cm³/mol. The molecule has 1 aliphatic heterocycles. The Morgan fingerprint density at radius 3 is 2.83 bits per heavy atom. The van der Waals surface area contributed by atoms with Crippen molar-refractivity contribution in [1.82, 2.24) is 14.5 Å². The van der Waals surface area contributed by atoms with E-state index < -0.39 is 0 Å². The highest BCUT2D eigenvalue weighted by Gasteiger charge is 2.22. The van der Waals surface area contributed by atoms with Crippen molar-refractivity contribution >= 4 is 28.4 Å². The van der Waals surface area contributed by atoms with Crippen molar-refractivity contribution in [2.75, 3.05) is 26.3 Å². The molecular formula is C22H22ClN3O3. The van der Waals surface area contributed by atoms with Gasteiger partial charge in [0.05, 0.1) is 23.8 Å². The van der Waals surface area contributed by atoms with Gasteiger partial charge in [0.15, 0.2) is 0 Å². The maximum atomic E-state index is 13.0. The van der Waals surface area contributed by atoms with Crippen molar-refractivity contribution in [3.05, 3.63) is 70.3 Å². The summed E-state index contributed by atoms with van der Waals surface area (Å²) in [5.41, 5.74) is 2.64. The first-order valence-corrected chi connectivity index (χ1v) is 9.96. The summed E-state index contributed by atoms with van der Waals surface area (Å²) < 4.78 is 7.01. The van der Waals surface area contributed by atoms with Crippen molar-refractivity contribution in [3.8, 4) is 11.1 Å². The molecule has 4 rings (SSSR count). The summed E-state index contributed by atoms with van der Waals surface area (Å²) in [6, 6.07) is 7.30. The third kappa shape index (κ3) is 3.73. The molecule has 1 aliphatic rings. The van der Waals surface area contributed by atoms with E-state index in [1.165, 1.54) is 0 Å². The van der Waals surface area contributed by atoms with E-state index in [4.69, 9.17) is 16.3 Å². The minimum absolute atomic E-state index is 0.0748. The maximum Gasteiger partial charge on any atom is 0.274 e. The summed E-state index contributed by atoms with van der Waals surface area (Å²) in [6.07, 6.45) is 6.07. The Morgan fingerprint density at radius 2 is 2.07 bits per heavy atom. The molecule has 0 radical (unpaired) electrons. The number of carbonyl (C=O) groups is 1. The lowest BCUT2D eigenvalue weighted by molar-refractivity contribution is 0.0303. The first kappa shape index (κ1) is 19.5. The minimum atomic E-state index is -0.106. The number of aromatic amines is 1. The Bertz CT molecular complexity index is 1130. The first-order valence-electron chi connectivity index (χ1n) is 9.58. The lowest BCUT2D eigenvalue weighted by Gasteiger charge is -2.27. The van der Waals surface area contributed by atoms with E-state index in [0.717, 1.165) is 16.5 Å². The fraction of sp³-hybridized carbons (Fsp3) is 0.273. The van der Waals surface area contributed by atoms with Gasteiger partial charge in [0.1, 0.15) is 5.52 Å². The fourth-order valence-corrected chi connectivity index (χ4v) is 3.82. The Hall–Kier alpha value is -2.83. The third-order valence-corrected chi connectivity index (χ3v) is 5.51. The molecule has 1 N–H and O–H groups in total. The van der Waals surface area contributed by atoms with Crippen LogP contribution in [0, 0.1) is 0 Å². The van der Waals surface area contributed by atoms with Gasteiger partial charge >= 0.3 is 0 Å². The molecule has 3 heterocycles. The van der Waals surface area contributed by atoms with Crippen LogP contribution in [0.4, 0.5) is 0 Å². The Morgan fingerprint density at radius 1 is 1.28 bits per heavy atom. The van der Waals surface area contributed by atoms with Crippen molar-refractivity contribution < 1.29 is 9.53 Å². The van der Waals surface area contributed by atoms with E-state index in [-0.39, 0.29) is 11.5 Å². The van der Waals surface area contributed by atoms with E-state index in [9.17, 15) is 9.59 Å². The maximum absolute atomic E-state index is 13.0. The number of aryl methyl sites for hydroxylation is 1. The number of amides is 1. The molecule has 0 aliphatic carbocycles. The van der Waals surface area contributed by atoms with Crippen LogP contribution in [-0.2, 0) is 11.3 Å². The number of nitrogens with one attached hydrogen (secondary N) is 1. The second-order valence-electron chi connectivity index (χ2n) is 6.98. The van der Waals surface area contributed by atoms with Crippen LogP contribution in [0.15, 0.2) is 54.1 Å². The first-order chi connectivity index (χ1) is 14.1. The predicted octanol–water partition coefficient (Wildman–Crippen LogP) is 3.70. The molecule has 2 aromatic heterocycles. The van der Waals surface area contributed by atoms with Gasteiger partial charge in [-0.2, -0.15) is 0 Å². The number of pyridine rings is 1. The van der Waals surface area contributed by atoms with E-state index in [2.05, 4.69) is 11.6 Å². The second-order valence-corrected chi connectivity index (χ2v) is 7.39. The molecule has 1 aromatic carbocycles. The topological polar surface area (TPSA) is 67.3 Å². The molecule has 29 heavy (non-hydrogen) atoms. The van der Waals surface area contributed by atoms with Crippen LogP contribution in [-0.4, -0.2) is 46.7 Å². The Kier molecular flexibility index (Phi) is 5.56. The fourth-order valence-electron chi connectivity index (χ4n) is 3.62. The van der Waals surface area contributed by atoms with Crippen LogP contribution < -0.4 is 5.56 Å². The summed E-state index contributed by atoms with van der Waals surface area (Å²) >= 11 is 6.37. The second kappa shape index (κ2) is 8.27. The third-order valence-electron chi connectivity index (χ3n) is 5.18. The van der Waals surface area contributed by atoms with Crippen molar-refractivity contribution in [3.63, 3.8) is 0 Å². The van der Waals surface area contributed by atoms with Gasteiger partial charge in [-0.1, -0.05) is 23.7 Å². The highest BCUT2D eigenvalue weighted by Crippen LogP contribution is 2.30. The monoisotopic (exact) mass is 411 g/mol. The molecule has 150 valence electrons. The normalized spacial score (nSPS) is 14.3. The lowest BCUT2D eigenvalue weighted by Crippen LogP contribution is -2.40. The summed E-state index contributed by atoms with van der Waals surface area (Å²) in [6.45, 7) is 6.43. The molecule has 1 amide bonds. The minimum Gasteiger partial charge on any atom is -0.378 e. The van der Waals surface area contributed by atoms with E-state index in [1.807, 2.05) is 24.4 Å². The van der Waals surface area contributed by atoms with Crippen LogP contribution in [0.2, 0.25) is 5.02 Å². The number of morpholine rings is 1. The van der Waals surface area contributed by atoms with Crippen molar-refractivity contribution in [2.24, 2.45) is 0 Å². The number of ether oxygens (including phenoxy) is 1. The van der Waals surface area contributed by atoms with Crippen LogP contribution in [0.25, 0.3) is 22.0 Å². The van der Waals surface area contributed by atoms with Crippen LogP contribution in [0.3, 0.4) is 0 Å². The van der Waals surface area contributed by atoms with Gasteiger partial charge in [-0.05, 0) is 30.2 Å². The molecule has 7 heteroatoms. The number of benzene rings is 1. The number of aromatic nitrogens is 2. The van der Waals surface area contributed by atoms with Crippen molar-refractivity contribution in [2.45, 2.75) is 13.0 Å². The zero-order valence-corrected chi connectivity index (χ0v) is 16.7. The van der Waals surface area contributed by atoms with E-state index >= 15 is 0 Å². The van der Waals surface area contributed by atoms with E-state index in [0.29, 0.717) is 55.4 Å². The number of carbonyl (C=O) groups excluding carboxylic acids is 1. The summed E-state index contributed by atoms with van der Waals surface area (Å²) in [5.74, 6) is -0.106. The number of hydrogen-bond acceptors (Lipinski definition) is 3. The summed E-state index contributed by atoms with van der Waals surface area (Å²) in [4.78, 5) is 30.5. The number of halogens is 1. The molecule has 3 aromatic rings. The van der Waals surface area contributed by atoms with Gasteiger partial charge in [-0.25, -0.2) is 0 Å². The van der Waals surface area contributed by atoms with Gasteiger partial charge < -0.3 is 19.2 Å². The molecule has 6 nitrogen and oxygen atoms in total. The number of allylic oxidation sites excluding steroid dienone is 1. The zero-order chi connectivity index (χ0) is 20.4. The van der Waals surface area contributed by atoms with Crippen molar-refractivity contribution in [1.29, 1.82) is 0 Å². The number of fused-ring (bicyclic) bond motifs is 1. The average molecular weight is 412 g/mol. The van der Waals surface area contributed by atoms with Crippen LogP contribution in [0.5, 0.6) is 0 Å². The molecular weight excluding hydrogens is 390 g/mol. The molecule has 0 bridgehead atoms. The largest absolute Gasteiger partial charge is 0.378 e. The number of nitrogens with zero attached hydrogens (tertiary/aromatic N) is 2. The molecule has 0 unspecified atom stereocenters. The quantitative estimate of drug-likeness (QED) is 0.651. The molecule has 0 saturated carbocycles. The zero-order valence-electron chi connectivity index (χ0n) is 16.0. The van der Waals surface area contributed by atoms with Crippen LogP contribution in [0.1, 0.15) is 16.8 Å². The Balaban J connectivity index is 1.80. The average Bonchev–Trinajstić information content (AvgIpc) is 3.24. The van der Waals surface area contributed by atoms with Gasteiger partial charge in [-0.3, -0.25) is 9.59 Å².